The van der Waals surface area contributed by atoms with Gasteiger partial charge < -0.3 is 5.11 Å². The maximum absolute atomic E-state index is 9.53. The molecule has 1 aromatic carbocycles. The molecule has 1 aromatic rings. The van der Waals surface area contributed by atoms with Gasteiger partial charge in [0.05, 0.1) is 6.10 Å². The van der Waals surface area contributed by atoms with Crippen molar-refractivity contribution >= 4 is 11.8 Å². The highest BCUT2D eigenvalue weighted by Gasteiger charge is 2.01. The van der Waals surface area contributed by atoms with Gasteiger partial charge >= 0.3 is 0 Å². The summed E-state index contributed by atoms with van der Waals surface area (Å²) < 4.78 is 0. The zero-order chi connectivity index (χ0) is 13.2. The van der Waals surface area contributed by atoms with Gasteiger partial charge in [0.2, 0.25) is 0 Å². The quantitative estimate of drug-likeness (QED) is 0.490. The molecule has 0 fully saturated rings. The molecule has 0 amide bonds. The Morgan fingerprint density at radius 3 is 2.56 bits per heavy atom. The van der Waals surface area contributed by atoms with E-state index in [4.69, 9.17) is 0 Å². The molecule has 1 atom stereocenters. The third kappa shape index (κ3) is 6.46. The van der Waals surface area contributed by atoms with Crippen LogP contribution in [0.4, 0.5) is 0 Å². The Bertz CT molecular complexity index is 323. The molecule has 0 aliphatic heterocycles. The minimum atomic E-state index is -0.361. The smallest absolute Gasteiger partial charge is 0.0762 e. The van der Waals surface area contributed by atoms with Crippen LogP contribution < -0.4 is 0 Å². The first-order valence-corrected chi connectivity index (χ1v) is 8.13. The second kappa shape index (κ2) is 9.46. The molecule has 2 heteroatoms. The topological polar surface area (TPSA) is 20.2 Å². The predicted molar refractivity (Wildman–Crippen MR) is 81.2 cm³/mol. The molecule has 0 heterocycles. The maximum Gasteiger partial charge on any atom is 0.0762 e. The molecule has 102 valence electrons. The van der Waals surface area contributed by atoms with Gasteiger partial charge in [0.25, 0.3) is 0 Å². The lowest BCUT2D eigenvalue weighted by Gasteiger charge is -2.07. The average molecular weight is 266 g/mol. The fourth-order valence-electron chi connectivity index (χ4n) is 1.94. The molecule has 1 nitrogen and oxygen atoms in total. The van der Waals surface area contributed by atoms with Gasteiger partial charge in [-0.05, 0) is 36.8 Å². The van der Waals surface area contributed by atoms with Crippen LogP contribution in [-0.2, 0) is 0 Å². The second-order valence-corrected chi connectivity index (χ2v) is 6.03. The number of aliphatic hydroxyl groups excluding tert-OH is 1. The van der Waals surface area contributed by atoms with E-state index < -0.39 is 0 Å². The summed E-state index contributed by atoms with van der Waals surface area (Å²) in [4.78, 5) is 1.28. The summed E-state index contributed by atoms with van der Waals surface area (Å²) in [5.74, 6) is 1.19. The Hall–Kier alpha value is -0.470. The monoisotopic (exact) mass is 266 g/mol. The summed E-state index contributed by atoms with van der Waals surface area (Å²) in [7, 11) is 0. The van der Waals surface area contributed by atoms with E-state index in [-0.39, 0.29) is 6.10 Å². The Labute approximate surface area is 116 Å². The van der Waals surface area contributed by atoms with Gasteiger partial charge in [-0.25, -0.2) is 0 Å². The van der Waals surface area contributed by atoms with Gasteiger partial charge in [0, 0.05) is 4.90 Å². The van der Waals surface area contributed by atoms with E-state index in [1.165, 1.54) is 49.2 Å². The summed E-state index contributed by atoms with van der Waals surface area (Å²) in [5.41, 5.74) is 1.02. The molecule has 0 saturated carbocycles. The van der Waals surface area contributed by atoms with E-state index in [1.807, 2.05) is 30.8 Å². The minimum absolute atomic E-state index is 0.361. The molecule has 1 rings (SSSR count). The molecule has 0 aliphatic rings. The third-order valence-electron chi connectivity index (χ3n) is 3.11. The van der Waals surface area contributed by atoms with Crippen LogP contribution in [-0.4, -0.2) is 10.9 Å². The Morgan fingerprint density at radius 2 is 1.83 bits per heavy atom. The number of benzene rings is 1. The average Bonchev–Trinajstić information content (AvgIpc) is 2.38. The van der Waals surface area contributed by atoms with E-state index in [0.29, 0.717) is 0 Å². The Kier molecular flexibility index (Phi) is 8.19. The molecule has 0 aliphatic carbocycles. The van der Waals surface area contributed by atoms with Gasteiger partial charge in [0.15, 0.2) is 0 Å². The van der Waals surface area contributed by atoms with Crippen molar-refractivity contribution in [3.05, 3.63) is 29.8 Å². The van der Waals surface area contributed by atoms with Crippen molar-refractivity contribution in [3.63, 3.8) is 0 Å². The van der Waals surface area contributed by atoms with Crippen molar-refractivity contribution in [1.29, 1.82) is 0 Å². The van der Waals surface area contributed by atoms with Crippen molar-refractivity contribution in [2.45, 2.75) is 63.4 Å². The van der Waals surface area contributed by atoms with Crippen LogP contribution in [0.5, 0.6) is 0 Å². The van der Waals surface area contributed by atoms with Gasteiger partial charge in [-0.15, -0.1) is 11.8 Å². The van der Waals surface area contributed by atoms with Crippen LogP contribution in [0.1, 0.15) is 64.0 Å². The fraction of sp³-hybridized carbons (Fsp3) is 0.625. The van der Waals surface area contributed by atoms with E-state index >= 15 is 0 Å². The number of aliphatic hydroxyl groups is 1. The highest BCUT2D eigenvalue weighted by molar-refractivity contribution is 7.99. The standard InChI is InChI=1S/C16H26OS/c1-3-4-5-6-7-8-12-18-16-11-9-10-15(13-16)14(2)17/h9-11,13-14,17H,3-8,12H2,1-2H3. The molecule has 0 saturated heterocycles. The van der Waals surface area contributed by atoms with Gasteiger partial charge in [-0.1, -0.05) is 51.2 Å². The molecule has 1 unspecified atom stereocenters. The first-order chi connectivity index (χ1) is 8.74. The molecule has 0 bridgehead atoms. The van der Waals surface area contributed by atoms with Crippen LogP contribution in [0.2, 0.25) is 0 Å². The fourth-order valence-corrected chi connectivity index (χ4v) is 2.91. The summed E-state index contributed by atoms with van der Waals surface area (Å²) in [6.07, 6.45) is 7.75. The minimum Gasteiger partial charge on any atom is -0.389 e. The van der Waals surface area contributed by atoms with Crippen LogP contribution in [0.15, 0.2) is 29.2 Å². The lowest BCUT2D eigenvalue weighted by molar-refractivity contribution is 0.199. The van der Waals surface area contributed by atoms with E-state index in [1.54, 1.807) is 0 Å². The first kappa shape index (κ1) is 15.6. The summed E-state index contributed by atoms with van der Waals surface area (Å²) in [6, 6.07) is 8.26. The van der Waals surface area contributed by atoms with Gasteiger partial charge in [-0.3, -0.25) is 0 Å². The number of thioether (sulfide) groups is 1. The number of unbranched alkanes of at least 4 members (excludes halogenated alkanes) is 5. The molecule has 1 N–H and O–H groups in total. The maximum atomic E-state index is 9.53. The SMILES string of the molecule is CCCCCCCCSc1cccc(C(C)O)c1. The largest absolute Gasteiger partial charge is 0.389 e. The number of rotatable bonds is 9. The predicted octanol–water partition coefficient (Wildman–Crippen LogP) is 5.19. The molecule has 0 spiro atoms. The molecular formula is C16H26OS. The first-order valence-electron chi connectivity index (χ1n) is 7.15. The molecular weight excluding hydrogens is 240 g/mol. The molecule has 0 radical (unpaired) electrons. The van der Waals surface area contributed by atoms with Crippen molar-refractivity contribution < 1.29 is 5.11 Å². The van der Waals surface area contributed by atoms with E-state index in [0.717, 1.165) is 5.56 Å². The van der Waals surface area contributed by atoms with Gasteiger partial charge in [-0.2, -0.15) is 0 Å². The molecule has 0 aromatic heterocycles. The Morgan fingerprint density at radius 1 is 1.11 bits per heavy atom. The second-order valence-electron chi connectivity index (χ2n) is 4.86. The zero-order valence-electron chi connectivity index (χ0n) is 11.7. The van der Waals surface area contributed by atoms with Crippen molar-refractivity contribution in [2.24, 2.45) is 0 Å². The number of hydrogen-bond acceptors (Lipinski definition) is 2. The zero-order valence-corrected chi connectivity index (χ0v) is 12.5. The van der Waals surface area contributed by atoms with E-state index in [2.05, 4.69) is 19.1 Å². The van der Waals surface area contributed by atoms with Crippen LogP contribution in [0.3, 0.4) is 0 Å². The lowest BCUT2D eigenvalue weighted by Crippen LogP contribution is -1.90. The van der Waals surface area contributed by atoms with Crippen LogP contribution >= 0.6 is 11.8 Å². The summed E-state index contributed by atoms with van der Waals surface area (Å²) in [5, 5.41) is 9.53. The van der Waals surface area contributed by atoms with Crippen molar-refractivity contribution in [2.75, 3.05) is 5.75 Å². The van der Waals surface area contributed by atoms with Crippen molar-refractivity contribution in [3.8, 4) is 0 Å². The van der Waals surface area contributed by atoms with E-state index in [9.17, 15) is 5.11 Å². The van der Waals surface area contributed by atoms with Crippen LogP contribution in [0, 0.1) is 0 Å². The number of hydrogen-bond donors (Lipinski definition) is 1. The summed E-state index contributed by atoms with van der Waals surface area (Å²) in [6.45, 7) is 4.07. The van der Waals surface area contributed by atoms with Crippen molar-refractivity contribution in [1.82, 2.24) is 0 Å². The molecule has 18 heavy (non-hydrogen) atoms. The lowest BCUT2D eigenvalue weighted by atomic mass is 10.1. The van der Waals surface area contributed by atoms with Crippen LogP contribution in [0.25, 0.3) is 0 Å². The third-order valence-corrected chi connectivity index (χ3v) is 4.19. The highest BCUT2D eigenvalue weighted by Crippen LogP contribution is 2.23. The van der Waals surface area contributed by atoms with Gasteiger partial charge in [0.1, 0.15) is 0 Å². The highest BCUT2D eigenvalue weighted by atomic mass is 32.2. The summed E-state index contributed by atoms with van der Waals surface area (Å²) >= 11 is 1.90. The Balaban J connectivity index is 2.17. The normalized spacial score (nSPS) is 12.6.